The van der Waals surface area contributed by atoms with Crippen molar-refractivity contribution in [2.24, 2.45) is 0 Å². The molecular weight excluding hydrogens is 376 g/mol. The van der Waals surface area contributed by atoms with Crippen LogP contribution < -0.4 is 14.8 Å². The van der Waals surface area contributed by atoms with E-state index in [4.69, 9.17) is 16.3 Å². The highest BCUT2D eigenvalue weighted by Crippen LogP contribution is 2.27. The summed E-state index contributed by atoms with van der Waals surface area (Å²) in [5.41, 5.74) is 2.14. The molecule has 0 aliphatic rings. The fraction of sp³-hybridized carbons (Fsp3) is 0.278. The Hall–Kier alpha value is -2.09. The molecule has 0 unspecified atom stereocenters. The molecule has 0 fully saturated rings. The molecule has 0 saturated carbocycles. The summed E-state index contributed by atoms with van der Waals surface area (Å²) in [4.78, 5) is 12.5. The largest absolute Gasteiger partial charge is 0.495 e. The average Bonchev–Trinajstić information content (AvgIpc) is 2.54. The van der Waals surface area contributed by atoms with Crippen LogP contribution in [0.15, 0.2) is 42.5 Å². The average molecular weight is 397 g/mol. The Morgan fingerprint density at radius 3 is 2.42 bits per heavy atom. The van der Waals surface area contributed by atoms with Crippen molar-refractivity contribution in [3.63, 3.8) is 0 Å². The summed E-state index contributed by atoms with van der Waals surface area (Å²) in [6.07, 6.45) is 0.975. The molecule has 6 nitrogen and oxygen atoms in total. The second-order valence-electron chi connectivity index (χ2n) is 5.95. The van der Waals surface area contributed by atoms with Crippen molar-refractivity contribution in [1.29, 1.82) is 0 Å². The van der Waals surface area contributed by atoms with E-state index in [2.05, 4.69) is 10.0 Å². The van der Waals surface area contributed by atoms with Gasteiger partial charge in [-0.15, -0.1) is 0 Å². The van der Waals surface area contributed by atoms with E-state index in [9.17, 15) is 13.2 Å². The molecule has 0 aromatic heterocycles. The number of nitrogens with one attached hydrogen (secondary N) is 2. The summed E-state index contributed by atoms with van der Waals surface area (Å²) < 4.78 is 31.1. The smallest absolute Gasteiger partial charge is 0.226 e. The molecule has 0 radical (unpaired) electrons. The van der Waals surface area contributed by atoms with E-state index in [0.29, 0.717) is 22.0 Å². The second kappa shape index (κ2) is 8.53. The van der Waals surface area contributed by atoms with Crippen LogP contribution >= 0.6 is 11.6 Å². The number of anilines is 1. The number of benzene rings is 2. The predicted octanol–water partition coefficient (Wildman–Crippen LogP) is 3.28. The molecule has 2 aromatic carbocycles. The summed E-state index contributed by atoms with van der Waals surface area (Å²) in [7, 11) is -1.99. The normalized spacial score (nSPS) is 12.5. The van der Waals surface area contributed by atoms with Gasteiger partial charge in [-0.05, 0) is 42.3 Å². The molecule has 1 amide bonds. The number of halogens is 1. The molecule has 1 atom stereocenters. The zero-order valence-electron chi connectivity index (χ0n) is 14.7. The van der Waals surface area contributed by atoms with Gasteiger partial charge in [0.15, 0.2) is 0 Å². The lowest BCUT2D eigenvalue weighted by atomic mass is 10.0. The SMILES string of the molecule is COc1ccc(C)cc1NC(=O)C[C@H](NS(C)(=O)=O)c1ccc(Cl)cc1. The zero-order valence-corrected chi connectivity index (χ0v) is 16.3. The molecule has 0 spiro atoms. The number of aryl methyl sites for hydroxylation is 1. The minimum Gasteiger partial charge on any atom is -0.495 e. The summed E-state index contributed by atoms with van der Waals surface area (Å²) in [5.74, 6) is 0.188. The lowest BCUT2D eigenvalue weighted by Crippen LogP contribution is -2.30. The number of carbonyl (C=O) groups excluding carboxylic acids is 1. The van der Waals surface area contributed by atoms with Crippen molar-refractivity contribution in [3.8, 4) is 5.75 Å². The van der Waals surface area contributed by atoms with Crippen LogP contribution in [0.1, 0.15) is 23.6 Å². The van der Waals surface area contributed by atoms with Gasteiger partial charge in [0, 0.05) is 11.4 Å². The highest BCUT2D eigenvalue weighted by atomic mass is 35.5. The van der Waals surface area contributed by atoms with E-state index in [1.165, 1.54) is 7.11 Å². The summed E-state index contributed by atoms with van der Waals surface area (Å²) in [5, 5.41) is 3.30. The molecule has 2 aromatic rings. The Labute approximate surface area is 158 Å². The van der Waals surface area contributed by atoms with Gasteiger partial charge in [-0.2, -0.15) is 0 Å². The topological polar surface area (TPSA) is 84.5 Å². The molecule has 0 aliphatic heterocycles. The Morgan fingerprint density at radius 1 is 1.19 bits per heavy atom. The van der Waals surface area contributed by atoms with Crippen molar-refractivity contribution < 1.29 is 17.9 Å². The fourth-order valence-corrected chi connectivity index (χ4v) is 3.35. The zero-order chi connectivity index (χ0) is 19.3. The lowest BCUT2D eigenvalue weighted by Gasteiger charge is -2.18. The van der Waals surface area contributed by atoms with E-state index >= 15 is 0 Å². The van der Waals surface area contributed by atoms with Crippen LogP contribution in [0.25, 0.3) is 0 Å². The third kappa shape index (κ3) is 6.01. The number of hydrogen-bond acceptors (Lipinski definition) is 4. The van der Waals surface area contributed by atoms with Crippen LogP contribution in [-0.4, -0.2) is 27.7 Å². The van der Waals surface area contributed by atoms with Crippen LogP contribution in [0, 0.1) is 6.92 Å². The van der Waals surface area contributed by atoms with E-state index in [1.54, 1.807) is 36.4 Å². The van der Waals surface area contributed by atoms with Gasteiger partial charge in [0.05, 0.1) is 25.1 Å². The van der Waals surface area contributed by atoms with Crippen molar-refractivity contribution in [1.82, 2.24) is 4.72 Å². The molecule has 0 aliphatic carbocycles. The first-order chi connectivity index (χ1) is 12.2. The maximum atomic E-state index is 12.5. The summed E-state index contributed by atoms with van der Waals surface area (Å²) in [6, 6.07) is 11.4. The fourth-order valence-electron chi connectivity index (χ4n) is 2.49. The highest BCUT2D eigenvalue weighted by molar-refractivity contribution is 7.88. The predicted molar refractivity (Wildman–Crippen MR) is 103 cm³/mol. The van der Waals surface area contributed by atoms with E-state index < -0.39 is 16.1 Å². The van der Waals surface area contributed by atoms with Crippen LogP contribution in [0.4, 0.5) is 5.69 Å². The first kappa shape index (κ1) is 20.2. The Balaban J connectivity index is 2.21. The summed E-state index contributed by atoms with van der Waals surface area (Å²) in [6.45, 7) is 1.90. The molecule has 0 bridgehead atoms. The van der Waals surface area contributed by atoms with Gasteiger partial charge in [-0.3, -0.25) is 4.79 Å². The summed E-state index contributed by atoms with van der Waals surface area (Å²) >= 11 is 5.88. The highest BCUT2D eigenvalue weighted by Gasteiger charge is 2.20. The first-order valence-corrected chi connectivity index (χ1v) is 10.1. The lowest BCUT2D eigenvalue weighted by molar-refractivity contribution is -0.116. The van der Waals surface area contributed by atoms with Gasteiger partial charge < -0.3 is 10.1 Å². The van der Waals surface area contributed by atoms with Crippen molar-refractivity contribution in [3.05, 3.63) is 58.6 Å². The maximum Gasteiger partial charge on any atom is 0.226 e. The van der Waals surface area contributed by atoms with Crippen LogP contribution in [-0.2, 0) is 14.8 Å². The molecule has 26 heavy (non-hydrogen) atoms. The Kier molecular flexibility index (Phi) is 6.63. The van der Waals surface area contributed by atoms with Crippen LogP contribution in [0.3, 0.4) is 0 Å². The first-order valence-electron chi connectivity index (χ1n) is 7.85. The van der Waals surface area contributed by atoms with E-state index in [1.807, 2.05) is 13.0 Å². The third-order valence-electron chi connectivity index (χ3n) is 3.65. The molecule has 2 N–H and O–H groups in total. The Morgan fingerprint density at radius 2 is 1.85 bits per heavy atom. The molecular formula is C18H21ClN2O4S. The number of carbonyl (C=O) groups is 1. The van der Waals surface area contributed by atoms with Crippen LogP contribution in [0.2, 0.25) is 5.02 Å². The van der Waals surface area contributed by atoms with Crippen molar-refractivity contribution in [2.45, 2.75) is 19.4 Å². The standard InChI is InChI=1S/C18H21ClN2O4S/c1-12-4-9-17(25-2)16(10-12)20-18(22)11-15(21-26(3,23)24)13-5-7-14(19)8-6-13/h4-10,15,21H,11H2,1-3H3,(H,20,22)/t15-/m0/s1. The number of hydrogen-bond donors (Lipinski definition) is 2. The maximum absolute atomic E-state index is 12.5. The number of sulfonamides is 1. The van der Waals surface area contributed by atoms with Crippen molar-refractivity contribution in [2.75, 3.05) is 18.7 Å². The van der Waals surface area contributed by atoms with E-state index in [-0.39, 0.29) is 12.3 Å². The monoisotopic (exact) mass is 396 g/mol. The molecule has 8 heteroatoms. The quantitative estimate of drug-likeness (QED) is 0.752. The minimum atomic E-state index is -3.51. The van der Waals surface area contributed by atoms with Crippen molar-refractivity contribution >= 4 is 33.2 Å². The molecule has 0 saturated heterocycles. The third-order valence-corrected chi connectivity index (χ3v) is 4.61. The van der Waals surface area contributed by atoms with E-state index in [0.717, 1.165) is 11.8 Å². The van der Waals surface area contributed by atoms with Gasteiger partial charge >= 0.3 is 0 Å². The second-order valence-corrected chi connectivity index (χ2v) is 8.17. The van der Waals surface area contributed by atoms with Gasteiger partial charge in [-0.25, -0.2) is 13.1 Å². The van der Waals surface area contributed by atoms with Crippen LogP contribution in [0.5, 0.6) is 5.75 Å². The van der Waals surface area contributed by atoms with Gasteiger partial charge in [0.2, 0.25) is 15.9 Å². The minimum absolute atomic E-state index is 0.0776. The van der Waals surface area contributed by atoms with Gasteiger partial charge in [0.1, 0.15) is 5.75 Å². The molecule has 0 heterocycles. The number of ether oxygens (including phenoxy) is 1. The number of methoxy groups -OCH3 is 1. The number of amides is 1. The molecule has 140 valence electrons. The van der Waals surface area contributed by atoms with Gasteiger partial charge in [0.25, 0.3) is 0 Å². The number of rotatable bonds is 7. The molecule has 2 rings (SSSR count). The van der Waals surface area contributed by atoms with Gasteiger partial charge in [-0.1, -0.05) is 29.8 Å². The Bertz CT molecular complexity index is 883.